The normalized spacial score (nSPS) is 10.2. The average Bonchev–Trinajstić information content (AvgIpc) is 2.37. The molecule has 5 heteroatoms. The summed E-state index contributed by atoms with van der Waals surface area (Å²) in [5, 5.41) is 3.69. The van der Waals surface area contributed by atoms with E-state index in [2.05, 4.69) is 5.32 Å². The van der Waals surface area contributed by atoms with Crippen LogP contribution in [-0.4, -0.2) is 31.9 Å². The van der Waals surface area contributed by atoms with Crippen LogP contribution in [-0.2, 0) is 4.74 Å². The Bertz CT molecular complexity index is 387. The first-order chi connectivity index (χ1) is 8.65. The van der Waals surface area contributed by atoms with E-state index in [0.29, 0.717) is 5.11 Å². The minimum Gasteiger partial charge on any atom is -0.382 e. The molecule has 1 aromatic rings. The van der Waals surface area contributed by atoms with Crippen LogP contribution in [0.25, 0.3) is 0 Å². The number of hydrogen-bond acceptors (Lipinski definition) is 2. The maximum Gasteiger partial charge on any atom is 0.173 e. The van der Waals surface area contributed by atoms with E-state index in [9.17, 15) is 4.39 Å². The number of benzene rings is 1. The minimum atomic E-state index is -0.265. The van der Waals surface area contributed by atoms with Crippen molar-refractivity contribution in [3.05, 3.63) is 30.1 Å². The average molecular weight is 270 g/mol. The van der Waals surface area contributed by atoms with E-state index in [1.165, 1.54) is 12.1 Å². The second-order valence-corrected chi connectivity index (χ2v) is 4.21. The van der Waals surface area contributed by atoms with Gasteiger partial charge in [0.1, 0.15) is 5.82 Å². The van der Waals surface area contributed by atoms with Crippen molar-refractivity contribution in [2.24, 2.45) is 0 Å². The van der Waals surface area contributed by atoms with Gasteiger partial charge >= 0.3 is 0 Å². The van der Waals surface area contributed by atoms with Crippen LogP contribution in [0.1, 0.15) is 13.3 Å². The monoisotopic (exact) mass is 270 g/mol. The number of hydrogen-bond donors (Lipinski definition) is 1. The van der Waals surface area contributed by atoms with Crippen molar-refractivity contribution < 1.29 is 9.13 Å². The fourth-order valence-corrected chi connectivity index (χ4v) is 1.64. The smallest absolute Gasteiger partial charge is 0.173 e. The molecule has 0 saturated heterocycles. The van der Waals surface area contributed by atoms with Crippen molar-refractivity contribution >= 4 is 23.0 Å². The summed E-state index contributed by atoms with van der Waals surface area (Å²) < 4.78 is 18.3. The molecule has 0 fully saturated rings. The summed E-state index contributed by atoms with van der Waals surface area (Å²) in [5.41, 5.74) is 0.734. The van der Waals surface area contributed by atoms with Crippen molar-refractivity contribution in [1.29, 1.82) is 0 Å². The third-order valence-corrected chi connectivity index (χ3v) is 2.86. The third kappa shape index (κ3) is 4.98. The number of anilines is 1. The van der Waals surface area contributed by atoms with E-state index >= 15 is 0 Å². The molecule has 0 saturated carbocycles. The maximum atomic E-state index is 13.1. The van der Waals surface area contributed by atoms with Gasteiger partial charge in [0, 0.05) is 32.5 Å². The SMILES string of the molecule is CCOCCCNC(=S)N(C)c1cccc(F)c1. The number of thiocarbonyl (C=S) groups is 1. The largest absolute Gasteiger partial charge is 0.382 e. The van der Waals surface area contributed by atoms with Crippen LogP contribution in [0.2, 0.25) is 0 Å². The highest BCUT2D eigenvalue weighted by Gasteiger charge is 2.06. The first-order valence-corrected chi connectivity index (χ1v) is 6.41. The van der Waals surface area contributed by atoms with Gasteiger partial charge < -0.3 is 15.0 Å². The zero-order valence-corrected chi connectivity index (χ0v) is 11.6. The molecule has 1 rings (SSSR count). The number of ether oxygens (including phenoxy) is 1. The molecule has 0 aliphatic carbocycles. The molecule has 1 aromatic carbocycles. The minimum absolute atomic E-state index is 0.265. The van der Waals surface area contributed by atoms with Crippen molar-refractivity contribution in [3.63, 3.8) is 0 Å². The molecular weight excluding hydrogens is 251 g/mol. The Morgan fingerprint density at radius 3 is 2.94 bits per heavy atom. The zero-order chi connectivity index (χ0) is 13.4. The highest BCUT2D eigenvalue weighted by atomic mass is 32.1. The van der Waals surface area contributed by atoms with E-state index in [4.69, 9.17) is 17.0 Å². The van der Waals surface area contributed by atoms with Crippen molar-refractivity contribution in [2.45, 2.75) is 13.3 Å². The van der Waals surface area contributed by atoms with Crippen LogP contribution in [0.5, 0.6) is 0 Å². The molecule has 0 spiro atoms. The van der Waals surface area contributed by atoms with Gasteiger partial charge in [0.25, 0.3) is 0 Å². The third-order valence-electron chi connectivity index (χ3n) is 2.45. The molecule has 0 unspecified atom stereocenters. The van der Waals surface area contributed by atoms with Gasteiger partial charge in [-0.05, 0) is 43.8 Å². The van der Waals surface area contributed by atoms with Gasteiger partial charge in [0.05, 0.1) is 0 Å². The summed E-state index contributed by atoms with van der Waals surface area (Å²) in [4.78, 5) is 1.75. The summed E-state index contributed by atoms with van der Waals surface area (Å²) in [6.07, 6.45) is 0.894. The Hall–Kier alpha value is -1.20. The van der Waals surface area contributed by atoms with Gasteiger partial charge in [-0.2, -0.15) is 0 Å². The highest BCUT2D eigenvalue weighted by Crippen LogP contribution is 2.13. The molecule has 100 valence electrons. The molecule has 0 aliphatic rings. The lowest BCUT2D eigenvalue weighted by Crippen LogP contribution is -2.37. The molecular formula is C13H19FN2OS. The standard InChI is InChI=1S/C13H19FN2OS/c1-3-17-9-5-8-15-13(18)16(2)12-7-4-6-11(14)10-12/h4,6-7,10H,3,5,8-9H2,1-2H3,(H,15,18). The molecule has 3 nitrogen and oxygen atoms in total. The predicted octanol–water partition coefficient (Wildman–Crippen LogP) is 2.56. The first kappa shape index (κ1) is 14.9. The number of nitrogens with one attached hydrogen (secondary N) is 1. The summed E-state index contributed by atoms with van der Waals surface area (Å²) in [6, 6.07) is 6.35. The molecule has 0 radical (unpaired) electrons. The van der Waals surface area contributed by atoms with Gasteiger partial charge in [-0.15, -0.1) is 0 Å². The molecule has 0 bridgehead atoms. The number of nitrogens with zero attached hydrogens (tertiary/aromatic N) is 1. The quantitative estimate of drug-likeness (QED) is 0.634. The zero-order valence-electron chi connectivity index (χ0n) is 10.8. The Morgan fingerprint density at radius 2 is 2.28 bits per heavy atom. The van der Waals surface area contributed by atoms with E-state index in [1.807, 2.05) is 20.0 Å². The van der Waals surface area contributed by atoms with Gasteiger partial charge in [0.2, 0.25) is 0 Å². The lowest BCUT2D eigenvalue weighted by atomic mass is 10.3. The van der Waals surface area contributed by atoms with Crippen molar-refractivity contribution in [3.8, 4) is 0 Å². The van der Waals surface area contributed by atoms with Crippen molar-refractivity contribution in [2.75, 3.05) is 31.7 Å². The van der Waals surface area contributed by atoms with Gasteiger partial charge in [-0.25, -0.2) is 4.39 Å². The molecule has 0 aromatic heterocycles. The second-order valence-electron chi connectivity index (χ2n) is 3.82. The summed E-state index contributed by atoms with van der Waals surface area (Å²) >= 11 is 5.23. The molecule has 0 amide bonds. The van der Waals surface area contributed by atoms with Crippen LogP contribution in [0, 0.1) is 5.82 Å². The first-order valence-electron chi connectivity index (χ1n) is 6.00. The fraction of sp³-hybridized carbons (Fsp3) is 0.462. The van der Waals surface area contributed by atoms with Gasteiger partial charge in [-0.1, -0.05) is 6.07 Å². The lowest BCUT2D eigenvalue weighted by molar-refractivity contribution is 0.146. The summed E-state index contributed by atoms with van der Waals surface area (Å²) in [5.74, 6) is -0.265. The Kier molecular flexibility index (Phi) is 6.60. The van der Waals surface area contributed by atoms with Gasteiger partial charge in [-0.3, -0.25) is 0 Å². The van der Waals surface area contributed by atoms with Crippen LogP contribution in [0.4, 0.5) is 10.1 Å². The van der Waals surface area contributed by atoms with Crippen molar-refractivity contribution in [1.82, 2.24) is 5.32 Å². The maximum absolute atomic E-state index is 13.1. The van der Waals surface area contributed by atoms with Crippen LogP contribution >= 0.6 is 12.2 Å². The van der Waals surface area contributed by atoms with E-state index in [0.717, 1.165) is 31.9 Å². The molecule has 0 aliphatic heterocycles. The van der Waals surface area contributed by atoms with Crippen LogP contribution in [0.15, 0.2) is 24.3 Å². The number of halogens is 1. The van der Waals surface area contributed by atoms with E-state index in [1.54, 1.807) is 11.0 Å². The summed E-state index contributed by atoms with van der Waals surface area (Å²) in [6.45, 7) is 4.16. The Labute approximate surface area is 113 Å². The Morgan fingerprint density at radius 1 is 1.50 bits per heavy atom. The van der Waals surface area contributed by atoms with Gasteiger partial charge in [0.15, 0.2) is 5.11 Å². The lowest BCUT2D eigenvalue weighted by Gasteiger charge is -2.21. The van der Waals surface area contributed by atoms with Crippen LogP contribution in [0.3, 0.4) is 0 Å². The predicted molar refractivity (Wildman–Crippen MR) is 76.5 cm³/mol. The summed E-state index contributed by atoms with van der Waals surface area (Å²) in [7, 11) is 1.81. The molecule has 18 heavy (non-hydrogen) atoms. The molecule has 0 atom stereocenters. The van der Waals surface area contributed by atoms with E-state index in [-0.39, 0.29) is 5.82 Å². The molecule has 1 N–H and O–H groups in total. The second kappa shape index (κ2) is 8.00. The topological polar surface area (TPSA) is 24.5 Å². The van der Waals surface area contributed by atoms with E-state index < -0.39 is 0 Å². The Balaban J connectivity index is 2.37. The highest BCUT2D eigenvalue weighted by molar-refractivity contribution is 7.80. The number of rotatable bonds is 6. The molecule has 0 heterocycles. The fourth-order valence-electron chi connectivity index (χ4n) is 1.43. The van der Waals surface area contributed by atoms with Crippen LogP contribution < -0.4 is 10.2 Å².